The first-order chi connectivity index (χ1) is 9.31. The van der Waals surface area contributed by atoms with Crippen LogP contribution in [0, 0.1) is 0 Å². The number of rotatable bonds is 5. The molecule has 0 radical (unpaired) electrons. The zero-order valence-electron chi connectivity index (χ0n) is 11.4. The number of hydrogen-bond acceptors (Lipinski definition) is 4. The van der Waals surface area contributed by atoms with Crippen molar-refractivity contribution in [1.82, 2.24) is 4.90 Å². The van der Waals surface area contributed by atoms with E-state index in [0.717, 1.165) is 0 Å². The summed E-state index contributed by atoms with van der Waals surface area (Å²) in [6.45, 7) is 1.15. The summed E-state index contributed by atoms with van der Waals surface area (Å²) < 4.78 is 10.1. The van der Waals surface area contributed by atoms with E-state index in [1.165, 1.54) is 17.9 Å². The van der Waals surface area contributed by atoms with Crippen LogP contribution < -0.4 is 4.74 Å². The zero-order valence-corrected chi connectivity index (χ0v) is 12.9. The zero-order chi connectivity index (χ0) is 15.3. The minimum atomic E-state index is -0.859. The molecule has 0 N–H and O–H groups in total. The molecule has 0 saturated heterocycles. The second kappa shape index (κ2) is 7.36. The van der Waals surface area contributed by atoms with Crippen molar-refractivity contribution in [2.24, 2.45) is 0 Å². The highest BCUT2D eigenvalue weighted by atomic mass is 35.5. The van der Waals surface area contributed by atoms with E-state index in [9.17, 15) is 9.59 Å². The van der Waals surface area contributed by atoms with Crippen LogP contribution in [0.25, 0.3) is 0 Å². The average Bonchev–Trinajstić information content (AvgIpc) is 2.36. The van der Waals surface area contributed by atoms with Gasteiger partial charge in [-0.15, -0.1) is 0 Å². The molecule has 1 rings (SSSR count). The van der Waals surface area contributed by atoms with Gasteiger partial charge in [0.1, 0.15) is 5.75 Å². The summed E-state index contributed by atoms with van der Waals surface area (Å²) in [5.41, 5.74) is 0. The van der Waals surface area contributed by atoms with Crippen LogP contribution in [0.5, 0.6) is 5.75 Å². The van der Waals surface area contributed by atoms with Crippen LogP contribution in [0.2, 0.25) is 10.0 Å². The molecule has 0 heterocycles. The molecule has 0 spiro atoms. The van der Waals surface area contributed by atoms with Crippen LogP contribution in [0.1, 0.15) is 6.92 Å². The van der Waals surface area contributed by atoms with E-state index in [1.807, 2.05) is 0 Å². The predicted molar refractivity (Wildman–Crippen MR) is 76.2 cm³/mol. The van der Waals surface area contributed by atoms with Crippen molar-refractivity contribution in [1.29, 1.82) is 0 Å². The van der Waals surface area contributed by atoms with Gasteiger partial charge >= 0.3 is 5.97 Å². The molecule has 20 heavy (non-hydrogen) atoms. The lowest BCUT2D eigenvalue weighted by Gasteiger charge is -2.17. The largest absolute Gasteiger partial charge is 0.480 e. The molecule has 0 aliphatic heterocycles. The SMILES string of the molecule is C[C@H](OC(=O)COc1ccc(Cl)cc1Cl)C(=O)N(C)C. The first-order valence-electron chi connectivity index (χ1n) is 5.79. The molecule has 0 aliphatic carbocycles. The van der Waals surface area contributed by atoms with Gasteiger partial charge < -0.3 is 14.4 Å². The number of ether oxygens (including phenoxy) is 2. The van der Waals surface area contributed by atoms with Gasteiger partial charge in [0.25, 0.3) is 5.91 Å². The number of esters is 1. The first-order valence-corrected chi connectivity index (χ1v) is 6.55. The van der Waals surface area contributed by atoms with E-state index in [1.54, 1.807) is 26.2 Å². The van der Waals surface area contributed by atoms with Crippen LogP contribution in [0.4, 0.5) is 0 Å². The Morgan fingerprint density at radius 1 is 1.30 bits per heavy atom. The van der Waals surface area contributed by atoms with Crippen molar-refractivity contribution in [2.45, 2.75) is 13.0 Å². The van der Waals surface area contributed by atoms with E-state index in [2.05, 4.69) is 0 Å². The van der Waals surface area contributed by atoms with Gasteiger partial charge in [-0.1, -0.05) is 23.2 Å². The maximum absolute atomic E-state index is 11.5. The smallest absolute Gasteiger partial charge is 0.344 e. The average molecular weight is 320 g/mol. The summed E-state index contributed by atoms with van der Waals surface area (Å²) in [7, 11) is 3.16. The maximum Gasteiger partial charge on any atom is 0.344 e. The van der Waals surface area contributed by atoms with Crippen molar-refractivity contribution >= 4 is 35.1 Å². The third-order valence-electron chi connectivity index (χ3n) is 2.34. The second-order valence-corrected chi connectivity index (χ2v) is 5.07. The lowest BCUT2D eigenvalue weighted by molar-refractivity contribution is -0.159. The molecule has 1 atom stereocenters. The van der Waals surface area contributed by atoms with Gasteiger partial charge in [0.15, 0.2) is 12.7 Å². The topological polar surface area (TPSA) is 55.8 Å². The summed E-state index contributed by atoms with van der Waals surface area (Å²) in [5.74, 6) is -0.638. The Hall–Kier alpha value is -1.46. The Morgan fingerprint density at radius 2 is 1.95 bits per heavy atom. The monoisotopic (exact) mass is 319 g/mol. The standard InChI is InChI=1S/C13H15Cl2NO4/c1-8(13(18)16(2)3)20-12(17)7-19-11-5-4-9(14)6-10(11)15/h4-6,8H,7H2,1-3H3/t8-/m0/s1. The molecule has 110 valence electrons. The highest BCUT2D eigenvalue weighted by molar-refractivity contribution is 6.35. The Morgan fingerprint density at radius 3 is 2.50 bits per heavy atom. The number of benzene rings is 1. The molecular weight excluding hydrogens is 305 g/mol. The van der Waals surface area contributed by atoms with Gasteiger partial charge in [-0.3, -0.25) is 4.79 Å². The summed E-state index contributed by atoms with van der Waals surface area (Å²) in [6, 6.07) is 4.64. The van der Waals surface area contributed by atoms with Gasteiger partial charge in [0.2, 0.25) is 0 Å². The highest BCUT2D eigenvalue weighted by Gasteiger charge is 2.19. The van der Waals surface area contributed by atoms with Gasteiger partial charge in [0, 0.05) is 19.1 Å². The van der Waals surface area contributed by atoms with Crippen LogP contribution in [-0.2, 0) is 14.3 Å². The molecule has 0 unspecified atom stereocenters. The van der Waals surface area contributed by atoms with E-state index >= 15 is 0 Å². The van der Waals surface area contributed by atoms with Crippen LogP contribution in [-0.4, -0.2) is 43.6 Å². The van der Waals surface area contributed by atoms with Crippen molar-refractivity contribution in [2.75, 3.05) is 20.7 Å². The van der Waals surface area contributed by atoms with E-state index in [-0.39, 0.29) is 12.5 Å². The van der Waals surface area contributed by atoms with E-state index in [4.69, 9.17) is 32.7 Å². The summed E-state index contributed by atoms with van der Waals surface area (Å²) in [4.78, 5) is 24.4. The highest BCUT2D eigenvalue weighted by Crippen LogP contribution is 2.27. The van der Waals surface area contributed by atoms with Gasteiger partial charge in [0.05, 0.1) is 5.02 Å². The molecule has 7 heteroatoms. The molecule has 1 aromatic carbocycles. The second-order valence-electron chi connectivity index (χ2n) is 4.23. The fourth-order valence-electron chi connectivity index (χ4n) is 1.37. The van der Waals surface area contributed by atoms with Crippen LogP contribution in [0.15, 0.2) is 18.2 Å². The molecule has 0 aliphatic rings. The number of carbonyl (C=O) groups excluding carboxylic acids is 2. The van der Waals surface area contributed by atoms with Crippen molar-refractivity contribution in [3.8, 4) is 5.75 Å². The predicted octanol–water partition coefficient (Wildman–Crippen LogP) is 2.39. The fourth-order valence-corrected chi connectivity index (χ4v) is 1.84. The minimum absolute atomic E-state index is 0.294. The summed E-state index contributed by atoms with van der Waals surface area (Å²) in [5, 5.41) is 0.762. The molecule has 0 aromatic heterocycles. The van der Waals surface area contributed by atoms with Crippen molar-refractivity contribution in [3.05, 3.63) is 28.2 Å². The molecular formula is C13H15Cl2NO4. The Kier molecular flexibility index (Phi) is 6.10. The maximum atomic E-state index is 11.5. The lowest BCUT2D eigenvalue weighted by atomic mass is 10.3. The van der Waals surface area contributed by atoms with E-state index < -0.39 is 12.1 Å². The first kappa shape index (κ1) is 16.6. The number of likely N-dealkylation sites (N-methyl/N-ethyl adjacent to an activating group) is 1. The molecule has 1 aromatic rings. The number of hydrogen-bond donors (Lipinski definition) is 0. The minimum Gasteiger partial charge on any atom is -0.480 e. The van der Waals surface area contributed by atoms with E-state index in [0.29, 0.717) is 15.8 Å². The molecule has 1 amide bonds. The third-order valence-corrected chi connectivity index (χ3v) is 2.87. The van der Waals surface area contributed by atoms with Gasteiger partial charge in [-0.05, 0) is 25.1 Å². The van der Waals surface area contributed by atoms with Crippen LogP contribution >= 0.6 is 23.2 Å². The quantitative estimate of drug-likeness (QED) is 0.782. The Bertz CT molecular complexity index is 505. The molecule has 5 nitrogen and oxygen atoms in total. The van der Waals surface area contributed by atoms with Gasteiger partial charge in [-0.2, -0.15) is 0 Å². The number of halogens is 2. The van der Waals surface area contributed by atoms with Crippen LogP contribution in [0.3, 0.4) is 0 Å². The van der Waals surface area contributed by atoms with Crippen molar-refractivity contribution in [3.63, 3.8) is 0 Å². The summed E-state index contributed by atoms with van der Waals surface area (Å²) in [6.07, 6.45) is -0.859. The molecule has 0 bridgehead atoms. The molecule has 0 fully saturated rings. The number of carbonyl (C=O) groups is 2. The lowest BCUT2D eigenvalue weighted by Crippen LogP contribution is -2.35. The summed E-state index contributed by atoms with van der Waals surface area (Å²) >= 11 is 11.6. The normalized spacial score (nSPS) is 11.7. The molecule has 0 saturated carbocycles. The van der Waals surface area contributed by atoms with Crippen molar-refractivity contribution < 1.29 is 19.1 Å². The van der Waals surface area contributed by atoms with Gasteiger partial charge in [-0.25, -0.2) is 4.79 Å². The number of amides is 1. The third kappa shape index (κ3) is 4.90. The Labute approximate surface area is 127 Å². The Balaban J connectivity index is 2.49. The number of nitrogens with zero attached hydrogens (tertiary/aromatic N) is 1. The fraction of sp³-hybridized carbons (Fsp3) is 0.385.